The van der Waals surface area contributed by atoms with Gasteiger partial charge in [0.1, 0.15) is 5.82 Å². The number of hydrogen-bond donors (Lipinski definition) is 0. The van der Waals surface area contributed by atoms with E-state index in [-0.39, 0.29) is 18.1 Å². The van der Waals surface area contributed by atoms with Gasteiger partial charge < -0.3 is 5.21 Å². The first-order valence-electron chi connectivity index (χ1n) is 7.23. The lowest BCUT2D eigenvalue weighted by Crippen LogP contribution is -2.24. The number of hydrogen-bond acceptors (Lipinski definition) is 2. The number of hydroxylamine groups is 1. The van der Waals surface area contributed by atoms with Crippen molar-refractivity contribution in [1.82, 2.24) is 0 Å². The Bertz CT molecular complexity index is 651. The molecule has 22 heavy (non-hydrogen) atoms. The van der Waals surface area contributed by atoms with Crippen LogP contribution in [0.3, 0.4) is 0 Å². The molecule has 0 aromatic heterocycles. The third-order valence-electron chi connectivity index (χ3n) is 3.49. The van der Waals surface area contributed by atoms with Crippen molar-refractivity contribution in [3.8, 4) is 0 Å². The fraction of sp³-hybridized carbons (Fsp3) is 0.222. The van der Waals surface area contributed by atoms with Gasteiger partial charge in [0.15, 0.2) is 18.5 Å². The van der Waals surface area contributed by atoms with Gasteiger partial charge in [-0.15, -0.1) is 0 Å². The molecule has 1 unspecified atom stereocenters. The molecule has 0 spiro atoms. The normalized spacial score (nSPS) is 12.9. The Morgan fingerprint density at radius 1 is 1.18 bits per heavy atom. The second-order valence-corrected chi connectivity index (χ2v) is 5.12. The van der Waals surface area contributed by atoms with E-state index in [1.807, 2.05) is 37.3 Å². The van der Waals surface area contributed by atoms with E-state index in [1.165, 1.54) is 30.5 Å². The van der Waals surface area contributed by atoms with Gasteiger partial charge in [0.2, 0.25) is 0 Å². The van der Waals surface area contributed by atoms with Crippen LogP contribution < -0.4 is 0 Å². The molecule has 0 amide bonds. The Hall–Kier alpha value is -2.49. The Morgan fingerprint density at radius 2 is 1.82 bits per heavy atom. The molecule has 3 nitrogen and oxygen atoms in total. The smallest absolute Gasteiger partial charge is 0.181 e. The summed E-state index contributed by atoms with van der Waals surface area (Å²) in [5.74, 6) is -0.930. The molecule has 0 bridgehead atoms. The van der Waals surface area contributed by atoms with E-state index in [0.717, 1.165) is 10.3 Å². The van der Waals surface area contributed by atoms with Crippen molar-refractivity contribution in [3.05, 3.63) is 76.7 Å². The van der Waals surface area contributed by atoms with Crippen LogP contribution in [0.2, 0.25) is 0 Å². The van der Waals surface area contributed by atoms with Crippen molar-refractivity contribution in [2.75, 3.05) is 6.54 Å². The summed E-state index contributed by atoms with van der Waals surface area (Å²) in [5.41, 5.74) is 1.22. The molecule has 0 saturated carbocycles. The zero-order valence-electron chi connectivity index (χ0n) is 12.4. The summed E-state index contributed by atoms with van der Waals surface area (Å²) in [5, 5.41) is 12.0. The van der Waals surface area contributed by atoms with Crippen LogP contribution in [0.15, 0.2) is 54.6 Å². The van der Waals surface area contributed by atoms with Gasteiger partial charge in [0.05, 0.1) is 5.92 Å². The summed E-state index contributed by atoms with van der Waals surface area (Å²) in [6.45, 7) is 1.95. The number of rotatable bonds is 6. The lowest BCUT2D eigenvalue weighted by molar-refractivity contribution is -0.458. The number of Topliss-reactive ketones (excluding diaryl/α,β-unsaturated/α-hetero) is 1. The first-order valence-corrected chi connectivity index (χ1v) is 7.23. The Kier molecular flexibility index (Phi) is 5.42. The summed E-state index contributed by atoms with van der Waals surface area (Å²) in [6.07, 6.45) is 2.03. The predicted molar refractivity (Wildman–Crippen MR) is 84.6 cm³/mol. The molecule has 2 aromatic carbocycles. The molecule has 0 fully saturated rings. The molecule has 2 rings (SSSR count). The topological polar surface area (TPSA) is 43.1 Å². The first kappa shape index (κ1) is 15.9. The molecule has 1 atom stereocenters. The summed E-state index contributed by atoms with van der Waals surface area (Å²) in [6, 6.07) is 14.6. The van der Waals surface area contributed by atoms with E-state index in [9.17, 15) is 14.4 Å². The minimum atomic E-state index is -0.414. The van der Waals surface area contributed by atoms with Crippen LogP contribution in [0.5, 0.6) is 0 Å². The standard InChI is InChI=1S/C18H18FNO2/c1-2-15(18(21)16-8-10-17(19)11-9-16)13-20(22)12-14-6-4-3-5-7-14/h3-12,15H,2,13H2,1H3. The van der Waals surface area contributed by atoms with E-state index >= 15 is 0 Å². The number of halogens is 1. The van der Waals surface area contributed by atoms with E-state index in [2.05, 4.69) is 0 Å². The maximum atomic E-state index is 12.9. The van der Waals surface area contributed by atoms with Gasteiger partial charge in [-0.1, -0.05) is 25.1 Å². The Balaban J connectivity index is 2.10. The highest BCUT2D eigenvalue weighted by Gasteiger charge is 2.21. The van der Waals surface area contributed by atoms with Gasteiger partial charge >= 0.3 is 0 Å². The molecule has 0 aliphatic carbocycles. The average molecular weight is 299 g/mol. The van der Waals surface area contributed by atoms with Crippen LogP contribution in [-0.4, -0.2) is 23.3 Å². The molecule has 0 N–H and O–H groups in total. The summed E-state index contributed by atoms with van der Waals surface area (Å²) in [7, 11) is 0. The molecule has 4 heteroatoms. The molecular weight excluding hydrogens is 281 g/mol. The number of carbonyl (C=O) groups is 1. The second kappa shape index (κ2) is 7.50. The van der Waals surface area contributed by atoms with Gasteiger partial charge in [-0.3, -0.25) is 4.79 Å². The van der Waals surface area contributed by atoms with Crippen molar-refractivity contribution >= 4 is 12.0 Å². The molecule has 0 heterocycles. The quantitative estimate of drug-likeness (QED) is 0.268. The lowest BCUT2D eigenvalue weighted by atomic mass is 9.95. The number of carbonyl (C=O) groups excluding carboxylic acids is 1. The molecule has 2 aromatic rings. The van der Waals surface area contributed by atoms with Gasteiger partial charge in [-0.2, -0.15) is 0 Å². The van der Waals surface area contributed by atoms with Crippen molar-refractivity contribution in [2.45, 2.75) is 13.3 Å². The minimum absolute atomic E-state index is 0.0849. The van der Waals surface area contributed by atoms with Crippen molar-refractivity contribution in [3.63, 3.8) is 0 Å². The molecular formula is C18H18FNO2. The van der Waals surface area contributed by atoms with Gasteiger partial charge in [0, 0.05) is 11.1 Å². The molecule has 0 aliphatic rings. The Morgan fingerprint density at radius 3 is 2.41 bits per heavy atom. The Labute approximate surface area is 129 Å². The van der Waals surface area contributed by atoms with Crippen molar-refractivity contribution in [1.29, 1.82) is 0 Å². The van der Waals surface area contributed by atoms with Crippen LogP contribution in [0.1, 0.15) is 29.3 Å². The van der Waals surface area contributed by atoms with Crippen LogP contribution in [0.25, 0.3) is 0 Å². The van der Waals surface area contributed by atoms with Gasteiger partial charge in [0.25, 0.3) is 0 Å². The van der Waals surface area contributed by atoms with Crippen molar-refractivity contribution in [2.24, 2.45) is 5.92 Å². The fourth-order valence-electron chi connectivity index (χ4n) is 2.22. The maximum absolute atomic E-state index is 12.9. The SMILES string of the molecule is CCC(C[N+]([O-])=Cc1ccccc1)C(=O)c1ccc(F)cc1. The number of benzene rings is 2. The lowest BCUT2D eigenvalue weighted by Gasteiger charge is -2.13. The highest BCUT2D eigenvalue weighted by molar-refractivity contribution is 5.97. The maximum Gasteiger partial charge on any atom is 0.181 e. The van der Waals surface area contributed by atoms with E-state index in [1.54, 1.807) is 0 Å². The monoisotopic (exact) mass is 299 g/mol. The first-order chi connectivity index (χ1) is 10.6. The zero-order valence-corrected chi connectivity index (χ0v) is 12.4. The molecule has 0 saturated heterocycles. The summed E-state index contributed by atoms with van der Waals surface area (Å²) < 4.78 is 13.7. The van der Waals surface area contributed by atoms with Crippen LogP contribution in [-0.2, 0) is 0 Å². The summed E-state index contributed by atoms with van der Waals surface area (Å²) >= 11 is 0. The summed E-state index contributed by atoms with van der Waals surface area (Å²) in [4.78, 5) is 12.4. The molecule has 0 radical (unpaired) electrons. The van der Waals surface area contributed by atoms with Crippen LogP contribution in [0.4, 0.5) is 4.39 Å². The van der Waals surface area contributed by atoms with E-state index < -0.39 is 5.92 Å². The molecule has 0 aliphatic heterocycles. The zero-order chi connectivity index (χ0) is 15.9. The van der Waals surface area contributed by atoms with Crippen LogP contribution >= 0.6 is 0 Å². The van der Waals surface area contributed by atoms with Crippen LogP contribution in [0, 0.1) is 16.9 Å². The number of ketones is 1. The van der Waals surface area contributed by atoms with Gasteiger partial charge in [-0.25, -0.2) is 9.13 Å². The minimum Gasteiger partial charge on any atom is -0.624 e. The van der Waals surface area contributed by atoms with E-state index in [0.29, 0.717) is 12.0 Å². The van der Waals surface area contributed by atoms with Crippen molar-refractivity contribution < 1.29 is 13.9 Å². The van der Waals surface area contributed by atoms with Gasteiger partial charge in [-0.05, 0) is 42.8 Å². The third kappa shape index (κ3) is 4.25. The second-order valence-electron chi connectivity index (χ2n) is 5.12. The average Bonchev–Trinajstić information content (AvgIpc) is 2.53. The fourth-order valence-corrected chi connectivity index (χ4v) is 2.22. The predicted octanol–water partition coefficient (Wildman–Crippen LogP) is 3.66. The highest BCUT2D eigenvalue weighted by Crippen LogP contribution is 2.13. The molecule has 114 valence electrons. The number of nitrogens with zero attached hydrogens (tertiary/aromatic N) is 1. The van der Waals surface area contributed by atoms with E-state index in [4.69, 9.17) is 0 Å². The third-order valence-corrected chi connectivity index (χ3v) is 3.49. The largest absolute Gasteiger partial charge is 0.624 e. The highest BCUT2D eigenvalue weighted by atomic mass is 19.1.